The molecule has 6 nitrogen and oxygen atoms in total. The highest BCUT2D eigenvalue weighted by molar-refractivity contribution is 5.88. The quantitative estimate of drug-likeness (QED) is 0.731. The maximum atomic E-state index is 11.8. The molecule has 1 aromatic heterocycles. The highest BCUT2D eigenvalue weighted by atomic mass is 16.1. The van der Waals surface area contributed by atoms with E-state index in [1.54, 1.807) is 11.7 Å². The third-order valence-electron chi connectivity index (χ3n) is 3.01. The second-order valence-corrected chi connectivity index (χ2v) is 4.53. The first-order chi connectivity index (χ1) is 8.67. The summed E-state index contributed by atoms with van der Waals surface area (Å²) in [5.74, 6) is 1.03. The van der Waals surface area contributed by atoms with Gasteiger partial charge < -0.3 is 5.73 Å². The molecule has 102 valence electrons. The van der Waals surface area contributed by atoms with E-state index < -0.39 is 0 Å². The van der Waals surface area contributed by atoms with Crippen molar-refractivity contribution < 1.29 is 4.79 Å². The van der Waals surface area contributed by atoms with E-state index in [0.29, 0.717) is 24.8 Å². The lowest BCUT2D eigenvalue weighted by molar-refractivity contribution is -0.116. The highest BCUT2D eigenvalue weighted by Gasteiger charge is 2.11. The van der Waals surface area contributed by atoms with E-state index >= 15 is 0 Å². The summed E-state index contributed by atoms with van der Waals surface area (Å²) in [5, 5.41) is 6.65. The number of carbonyl (C=O) groups is 1. The zero-order valence-corrected chi connectivity index (χ0v) is 11.2. The van der Waals surface area contributed by atoms with Gasteiger partial charge in [-0.25, -0.2) is 4.68 Å². The number of nitrogens with two attached hydrogens (primary N) is 1. The van der Waals surface area contributed by atoms with Crippen LogP contribution in [-0.4, -0.2) is 27.2 Å². The second kappa shape index (κ2) is 7.81. The van der Waals surface area contributed by atoms with Crippen LogP contribution in [0.4, 0.5) is 5.95 Å². The molecule has 0 radical (unpaired) electrons. The maximum absolute atomic E-state index is 11.8. The van der Waals surface area contributed by atoms with Gasteiger partial charge in [-0.1, -0.05) is 19.8 Å². The molecular weight excluding hydrogens is 230 g/mol. The van der Waals surface area contributed by atoms with Gasteiger partial charge in [0.25, 0.3) is 0 Å². The van der Waals surface area contributed by atoms with Gasteiger partial charge in [0, 0.05) is 13.5 Å². The van der Waals surface area contributed by atoms with Gasteiger partial charge in [0.15, 0.2) is 0 Å². The lowest BCUT2D eigenvalue weighted by Crippen LogP contribution is -2.17. The summed E-state index contributed by atoms with van der Waals surface area (Å²) >= 11 is 0. The molecule has 0 bridgehead atoms. The van der Waals surface area contributed by atoms with Gasteiger partial charge in [-0.3, -0.25) is 10.1 Å². The first-order valence-electron chi connectivity index (χ1n) is 6.51. The van der Waals surface area contributed by atoms with Crippen molar-refractivity contribution in [3.8, 4) is 0 Å². The van der Waals surface area contributed by atoms with E-state index in [9.17, 15) is 4.79 Å². The van der Waals surface area contributed by atoms with Crippen molar-refractivity contribution in [2.45, 2.75) is 39.0 Å². The van der Waals surface area contributed by atoms with Crippen molar-refractivity contribution in [2.24, 2.45) is 18.7 Å². The van der Waals surface area contributed by atoms with Gasteiger partial charge >= 0.3 is 0 Å². The molecule has 1 atom stereocenters. The van der Waals surface area contributed by atoms with Crippen LogP contribution in [-0.2, 0) is 11.8 Å². The third-order valence-corrected chi connectivity index (χ3v) is 3.01. The molecule has 0 saturated heterocycles. The molecule has 1 amide bonds. The fourth-order valence-corrected chi connectivity index (χ4v) is 2.01. The van der Waals surface area contributed by atoms with Crippen molar-refractivity contribution in [2.75, 3.05) is 11.9 Å². The topological polar surface area (TPSA) is 85.8 Å². The third kappa shape index (κ3) is 4.83. The van der Waals surface area contributed by atoms with Crippen molar-refractivity contribution in [3.05, 3.63) is 6.33 Å². The SMILES string of the molecule is CCCC(CCN)CCC(=O)Nc1ncnn1C. The molecule has 0 aromatic carbocycles. The molecule has 3 N–H and O–H groups in total. The van der Waals surface area contributed by atoms with Crippen LogP contribution in [0.3, 0.4) is 0 Å². The number of aryl methyl sites for hydroxylation is 1. The number of nitrogens with one attached hydrogen (secondary N) is 1. The van der Waals surface area contributed by atoms with Crippen LogP contribution < -0.4 is 11.1 Å². The Morgan fingerprint density at radius 1 is 1.50 bits per heavy atom. The van der Waals surface area contributed by atoms with Gasteiger partial charge in [0.2, 0.25) is 11.9 Å². The predicted molar refractivity (Wildman–Crippen MR) is 70.9 cm³/mol. The van der Waals surface area contributed by atoms with Crippen molar-refractivity contribution >= 4 is 11.9 Å². The van der Waals surface area contributed by atoms with Crippen LogP contribution in [0.1, 0.15) is 39.0 Å². The Morgan fingerprint density at radius 3 is 2.83 bits per heavy atom. The molecule has 1 aromatic rings. The average Bonchev–Trinajstić information content (AvgIpc) is 2.73. The Labute approximate surface area is 108 Å². The number of hydrogen-bond donors (Lipinski definition) is 2. The number of carbonyl (C=O) groups excluding carboxylic acids is 1. The standard InChI is InChI=1S/C12H23N5O/c1-3-4-10(7-8-13)5-6-11(18)16-12-14-9-15-17(12)2/h9-10H,3-8,13H2,1-2H3,(H,14,15,16,18). The summed E-state index contributed by atoms with van der Waals surface area (Å²) in [7, 11) is 1.75. The van der Waals surface area contributed by atoms with E-state index in [1.807, 2.05) is 0 Å². The van der Waals surface area contributed by atoms with Crippen LogP contribution in [0.2, 0.25) is 0 Å². The van der Waals surface area contributed by atoms with E-state index in [1.165, 1.54) is 6.33 Å². The van der Waals surface area contributed by atoms with Gasteiger partial charge in [-0.15, -0.1) is 0 Å². The number of nitrogens with zero attached hydrogens (tertiary/aromatic N) is 3. The number of aromatic nitrogens is 3. The first kappa shape index (κ1) is 14.6. The minimum Gasteiger partial charge on any atom is -0.330 e. The van der Waals surface area contributed by atoms with Crippen molar-refractivity contribution in [3.63, 3.8) is 0 Å². The molecule has 1 unspecified atom stereocenters. The maximum Gasteiger partial charge on any atom is 0.227 e. The summed E-state index contributed by atoms with van der Waals surface area (Å²) in [4.78, 5) is 15.7. The molecule has 0 spiro atoms. The molecule has 0 fully saturated rings. The molecule has 0 aliphatic carbocycles. The molecule has 0 aliphatic rings. The summed E-state index contributed by atoms with van der Waals surface area (Å²) in [5.41, 5.74) is 5.57. The Morgan fingerprint density at radius 2 is 2.28 bits per heavy atom. The van der Waals surface area contributed by atoms with E-state index in [4.69, 9.17) is 5.73 Å². The van der Waals surface area contributed by atoms with Crippen LogP contribution in [0.5, 0.6) is 0 Å². The monoisotopic (exact) mass is 253 g/mol. The van der Waals surface area contributed by atoms with E-state index in [-0.39, 0.29) is 5.91 Å². The first-order valence-corrected chi connectivity index (χ1v) is 6.51. The van der Waals surface area contributed by atoms with E-state index in [2.05, 4.69) is 22.3 Å². The van der Waals surface area contributed by atoms with Crippen LogP contribution in [0, 0.1) is 5.92 Å². The van der Waals surface area contributed by atoms with Gasteiger partial charge in [-0.05, 0) is 25.3 Å². The number of rotatable bonds is 8. The number of hydrogen-bond acceptors (Lipinski definition) is 4. The minimum atomic E-state index is -0.00998. The lowest BCUT2D eigenvalue weighted by Gasteiger charge is -2.14. The highest BCUT2D eigenvalue weighted by Crippen LogP contribution is 2.17. The smallest absolute Gasteiger partial charge is 0.227 e. The van der Waals surface area contributed by atoms with Crippen LogP contribution in [0.15, 0.2) is 6.33 Å². The van der Waals surface area contributed by atoms with Crippen LogP contribution in [0.25, 0.3) is 0 Å². The molecule has 1 rings (SSSR count). The molecular formula is C12H23N5O. The molecule has 1 heterocycles. The van der Waals surface area contributed by atoms with Gasteiger partial charge in [0.1, 0.15) is 6.33 Å². The number of anilines is 1. The Bertz CT molecular complexity index is 357. The Balaban J connectivity index is 2.33. The van der Waals surface area contributed by atoms with Gasteiger partial charge in [0.05, 0.1) is 0 Å². The molecule has 18 heavy (non-hydrogen) atoms. The zero-order valence-electron chi connectivity index (χ0n) is 11.2. The minimum absolute atomic E-state index is 0.00998. The zero-order chi connectivity index (χ0) is 13.4. The predicted octanol–water partition coefficient (Wildman–Crippen LogP) is 1.30. The Kier molecular flexibility index (Phi) is 6.35. The molecule has 0 aliphatic heterocycles. The lowest BCUT2D eigenvalue weighted by atomic mass is 9.94. The normalized spacial score (nSPS) is 12.4. The second-order valence-electron chi connectivity index (χ2n) is 4.53. The summed E-state index contributed by atoms with van der Waals surface area (Å²) in [6.07, 6.45) is 6.07. The van der Waals surface area contributed by atoms with Crippen LogP contribution >= 0.6 is 0 Å². The molecule has 6 heteroatoms. The van der Waals surface area contributed by atoms with Crippen molar-refractivity contribution in [1.29, 1.82) is 0 Å². The summed E-state index contributed by atoms with van der Waals surface area (Å²) in [6, 6.07) is 0. The summed E-state index contributed by atoms with van der Waals surface area (Å²) < 4.78 is 1.54. The largest absolute Gasteiger partial charge is 0.330 e. The molecule has 0 saturated carbocycles. The fourth-order valence-electron chi connectivity index (χ4n) is 2.01. The Hall–Kier alpha value is -1.43. The summed E-state index contributed by atoms with van der Waals surface area (Å²) in [6.45, 7) is 2.85. The van der Waals surface area contributed by atoms with E-state index in [0.717, 1.165) is 25.7 Å². The van der Waals surface area contributed by atoms with Crippen molar-refractivity contribution in [1.82, 2.24) is 14.8 Å². The number of amides is 1. The van der Waals surface area contributed by atoms with Gasteiger partial charge in [-0.2, -0.15) is 10.1 Å². The fraction of sp³-hybridized carbons (Fsp3) is 0.750. The average molecular weight is 253 g/mol.